The van der Waals surface area contributed by atoms with Gasteiger partial charge in [-0.3, -0.25) is 0 Å². The minimum atomic E-state index is -0.984. The summed E-state index contributed by atoms with van der Waals surface area (Å²) in [4.78, 5) is 0. The largest absolute Gasteiger partial charge is 0.385 e. The molecule has 0 aromatic carbocycles. The molecular formula is C9H15NO2. The van der Waals surface area contributed by atoms with Crippen molar-refractivity contribution in [2.24, 2.45) is 5.92 Å². The van der Waals surface area contributed by atoms with Crippen molar-refractivity contribution in [3.05, 3.63) is 0 Å². The van der Waals surface area contributed by atoms with Gasteiger partial charge in [0, 0.05) is 6.42 Å². The Morgan fingerprint density at radius 1 is 1.58 bits per heavy atom. The third-order valence-electron chi connectivity index (χ3n) is 2.90. The minimum absolute atomic E-state index is 0.380. The van der Waals surface area contributed by atoms with Gasteiger partial charge in [0.05, 0.1) is 24.2 Å². The molecule has 0 bridgehead atoms. The molecule has 1 aliphatic heterocycles. The van der Waals surface area contributed by atoms with Crippen LogP contribution in [0.15, 0.2) is 0 Å². The SMILES string of the molecule is CC(C#N)C1(O)CCOC1(C)C. The molecule has 12 heavy (non-hydrogen) atoms. The lowest BCUT2D eigenvalue weighted by molar-refractivity contribution is -0.114. The molecule has 0 amide bonds. The Morgan fingerprint density at radius 2 is 2.17 bits per heavy atom. The second-order valence-corrected chi connectivity index (χ2v) is 3.88. The summed E-state index contributed by atoms with van der Waals surface area (Å²) in [5.41, 5.74) is -1.58. The van der Waals surface area contributed by atoms with Gasteiger partial charge in [-0.2, -0.15) is 5.26 Å². The van der Waals surface area contributed by atoms with Gasteiger partial charge in [-0.15, -0.1) is 0 Å². The van der Waals surface area contributed by atoms with E-state index in [0.717, 1.165) is 0 Å². The van der Waals surface area contributed by atoms with E-state index in [9.17, 15) is 5.11 Å². The Labute approximate surface area is 73.0 Å². The van der Waals surface area contributed by atoms with Gasteiger partial charge >= 0.3 is 0 Å². The van der Waals surface area contributed by atoms with Crippen molar-refractivity contribution < 1.29 is 9.84 Å². The maximum atomic E-state index is 10.1. The quantitative estimate of drug-likeness (QED) is 0.639. The third-order valence-corrected chi connectivity index (χ3v) is 2.90. The summed E-state index contributed by atoms with van der Waals surface area (Å²) in [5.74, 6) is -0.380. The van der Waals surface area contributed by atoms with Crippen molar-refractivity contribution >= 4 is 0 Å². The lowest BCUT2D eigenvalue weighted by Gasteiger charge is -2.36. The number of ether oxygens (including phenoxy) is 1. The van der Waals surface area contributed by atoms with Gasteiger partial charge < -0.3 is 9.84 Å². The zero-order valence-electron chi connectivity index (χ0n) is 7.79. The molecule has 1 aliphatic rings. The van der Waals surface area contributed by atoms with Crippen LogP contribution in [0.25, 0.3) is 0 Å². The second-order valence-electron chi connectivity index (χ2n) is 3.88. The van der Waals surface area contributed by atoms with Gasteiger partial charge in [-0.1, -0.05) is 0 Å². The van der Waals surface area contributed by atoms with E-state index < -0.39 is 11.2 Å². The zero-order valence-corrected chi connectivity index (χ0v) is 7.79. The Hall–Kier alpha value is -0.590. The summed E-state index contributed by atoms with van der Waals surface area (Å²) in [7, 11) is 0. The van der Waals surface area contributed by atoms with E-state index in [-0.39, 0.29) is 5.92 Å². The van der Waals surface area contributed by atoms with Gasteiger partial charge in [0.25, 0.3) is 0 Å². The van der Waals surface area contributed by atoms with Crippen LogP contribution >= 0.6 is 0 Å². The highest BCUT2D eigenvalue weighted by atomic mass is 16.5. The van der Waals surface area contributed by atoms with Crippen LogP contribution < -0.4 is 0 Å². The number of nitrogens with zero attached hydrogens (tertiary/aromatic N) is 1. The van der Waals surface area contributed by atoms with E-state index >= 15 is 0 Å². The van der Waals surface area contributed by atoms with Crippen molar-refractivity contribution in [2.45, 2.75) is 38.4 Å². The Morgan fingerprint density at radius 3 is 2.50 bits per heavy atom. The first-order valence-electron chi connectivity index (χ1n) is 4.20. The first kappa shape index (κ1) is 9.50. The normalized spacial score (nSPS) is 35.9. The standard InChI is InChI=1S/C9H15NO2/c1-7(6-10)9(11)4-5-12-8(9,2)3/h7,11H,4-5H2,1-3H3. The first-order chi connectivity index (χ1) is 5.44. The Balaban J connectivity index is 2.91. The Bertz CT molecular complexity index is 219. The summed E-state index contributed by atoms with van der Waals surface area (Å²) in [6.45, 7) is 5.92. The fourth-order valence-corrected chi connectivity index (χ4v) is 1.73. The molecule has 1 heterocycles. The number of nitriles is 1. The number of hydrogen-bond acceptors (Lipinski definition) is 3. The lowest BCUT2D eigenvalue weighted by atomic mass is 9.77. The van der Waals surface area contributed by atoms with Crippen LogP contribution in [0.2, 0.25) is 0 Å². The van der Waals surface area contributed by atoms with Gasteiger partial charge in [0.2, 0.25) is 0 Å². The predicted octanol–water partition coefficient (Wildman–Crippen LogP) is 1.08. The Kier molecular flexibility index (Phi) is 2.15. The maximum absolute atomic E-state index is 10.1. The van der Waals surface area contributed by atoms with E-state index in [4.69, 9.17) is 10.00 Å². The molecular weight excluding hydrogens is 154 g/mol. The van der Waals surface area contributed by atoms with E-state index in [0.29, 0.717) is 13.0 Å². The van der Waals surface area contributed by atoms with Gasteiger partial charge in [-0.25, -0.2) is 0 Å². The summed E-state index contributed by atoms with van der Waals surface area (Å²) in [6, 6.07) is 2.07. The lowest BCUT2D eigenvalue weighted by Crippen LogP contribution is -2.50. The molecule has 0 spiro atoms. The molecule has 0 aromatic heterocycles. The van der Waals surface area contributed by atoms with E-state index in [2.05, 4.69) is 6.07 Å². The van der Waals surface area contributed by atoms with Crippen LogP contribution in [0.3, 0.4) is 0 Å². The average molecular weight is 169 g/mol. The highest BCUT2D eigenvalue weighted by molar-refractivity contribution is 5.08. The summed E-state index contributed by atoms with van der Waals surface area (Å²) in [5, 5.41) is 18.9. The monoisotopic (exact) mass is 169 g/mol. The molecule has 3 heteroatoms. The smallest absolute Gasteiger partial charge is 0.111 e. The van der Waals surface area contributed by atoms with Crippen LogP contribution in [0.4, 0.5) is 0 Å². The molecule has 1 fully saturated rings. The molecule has 3 nitrogen and oxygen atoms in total. The van der Waals surface area contributed by atoms with Crippen molar-refractivity contribution in [1.29, 1.82) is 5.26 Å². The molecule has 2 atom stereocenters. The molecule has 2 unspecified atom stereocenters. The molecule has 0 aromatic rings. The van der Waals surface area contributed by atoms with E-state index in [1.165, 1.54) is 0 Å². The van der Waals surface area contributed by atoms with E-state index in [1.807, 2.05) is 13.8 Å². The van der Waals surface area contributed by atoms with Crippen molar-refractivity contribution in [1.82, 2.24) is 0 Å². The maximum Gasteiger partial charge on any atom is 0.111 e. The van der Waals surface area contributed by atoms with Crippen molar-refractivity contribution in [3.63, 3.8) is 0 Å². The highest BCUT2D eigenvalue weighted by Gasteiger charge is 2.52. The molecule has 1 N–H and O–H groups in total. The minimum Gasteiger partial charge on any atom is -0.385 e. The molecule has 0 aliphatic carbocycles. The second kappa shape index (κ2) is 2.72. The first-order valence-corrected chi connectivity index (χ1v) is 4.20. The fraction of sp³-hybridized carbons (Fsp3) is 0.889. The van der Waals surface area contributed by atoms with Gasteiger partial charge in [0.15, 0.2) is 0 Å². The molecule has 0 saturated carbocycles. The van der Waals surface area contributed by atoms with E-state index in [1.54, 1.807) is 6.92 Å². The van der Waals surface area contributed by atoms with Crippen LogP contribution in [0.1, 0.15) is 27.2 Å². The molecule has 1 saturated heterocycles. The summed E-state index contributed by atoms with van der Waals surface area (Å²) >= 11 is 0. The number of rotatable bonds is 1. The van der Waals surface area contributed by atoms with Gasteiger partial charge in [-0.05, 0) is 20.8 Å². The molecule has 1 rings (SSSR count). The molecule has 0 radical (unpaired) electrons. The number of aliphatic hydroxyl groups is 1. The number of hydrogen-bond donors (Lipinski definition) is 1. The van der Waals surface area contributed by atoms with Crippen LogP contribution in [-0.2, 0) is 4.74 Å². The third kappa shape index (κ3) is 1.12. The fourth-order valence-electron chi connectivity index (χ4n) is 1.73. The van der Waals surface area contributed by atoms with Crippen LogP contribution in [0, 0.1) is 17.2 Å². The van der Waals surface area contributed by atoms with Gasteiger partial charge in [0.1, 0.15) is 5.60 Å². The van der Waals surface area contributed by atoms with Crippen LogP contribution in [-0.4, -0.2) is 22.9 Å². The van der Waals surface area contributed by atoms with Crippen LogP contribution in [0.5, 0.6) is 0 Å². The average Bonchev–Trinajstić information content (AvgIpc) is 2.26. The highest BCUT2D eigenvalue weighted by Crippen LogP contribution is 2.40. The topological polar surface area (TPSA) is 53.2 Å². The summed E-state index contributed by atoms with van der Waals surface area (Å²) < 4.78 is 5.38. The molecule has 68 valence electrons. The predicted molar refractivity (Wildman–Crippen MR) is 44.4 cm³/mol. The summed E-state index contributed by atoms with van der Waals surface area (Å²) in [6.07, 6.45) is 0.550. The zero-order chi connectivity index (χ0) is 9.41. The van der Waals surface area contributed by atoms with Crippen molar-refractivity contribution in [2.75, 3.05) is 6.61 Å². The van der Waals surface area contributed by atoms with Crippen molar-refractivity contribution in [3.8, 4) is 6.07 Å².